The van der Waals surface area contributed by atoms with Gasteiger partial charge in [-0.15, -0.1) is 0 Å². The lowest BCUT2D eigenvalue weighted by Crippen LogP contribution is -2.39. The molecule has 0 spiro atoms. The third kappa shape index (κ3) is 4.07. The Labute approximate surface area is 190 Å². The van der Waals surface area contributed by atoms with Crippen molar-refractivity contribution in [2.45, 2.75) is 51.9 Å². The quantitative estimate of drug-likeness (QED) is 0.383. The molecule has 33 heavy (non-hydrogen) atoms. The van der Waals surface area contributed by atoms with Crippen LogP contribution in [0.15, 0.2) is 52.2 Å². The Hall–Kier alpha value is -3.72. The summed E-state index contributed by atoms with van der Waals surface area (Å²) in [6.45, 7) is 3.66. The summed E-state index contributed by atoms with van der Waals surface area (Å²) >= 11 is 0. The largest absolute Gasteiger partial charge is 0.366 e. The van der Waals surface area contributed by atoms with Crippen LogP contribution in [0.3, 0.4) is 0 Å². The Bertz CT molecular complexity index is 1410. The van der Waals surface area contributed by atoms with Crippen LogP contribution < -0.4 is 22.3 Å². The molecule has 9 nitrogen and oxygen atoms in total. The molecule has 1 fully saturated rings. The zero-order chi connectivity index (χ0) is 22.9. The van der Waals surface area contributed by atoms with Gasteiger partial charge >= 0.3 is 5.69 Å². The van der Waals surface area contributed by atoms with Crippen molar-refractivity contribution < 1.29 is 0 Å². The molecule has 3 aromatic heterocycles. The number of H-pyrrole nitrogens is 1. The first-order chi connectivity index (χ1) is 16.1. The summed E-state index contributed by atoms with van der Waals surface area (Å²) in [6, 6.07) is 11.9. The van der Waals surface area contributed by atoms with Gasteiger partial charge in [0.2, 0.25) is 0 Å². The molecule has 9 heteroatoms. The minimum atomic E-state index is -0.297. The smallest absolute Gasteiger partial charge is 0.333 e. The highest BCUT2D eigenvalue weighted by molar-refractivity contribution is 5.75. The van der Waals surface area contributed by atoms with E-state index in [0.29, 0.717) is 36.6 Å². The summed E-state index contributed by atoms with van der Waals surface area (Å²) in [5.41, 5.74) is 8.88. The Morgan fingerprint density at radius 1 is 1.18 bits per heavy atom. The predicted molar refractivity (Wildman–Crippen MR) is 128 cm³/mol. The fourth-order valence-corrected chi connectivity index (χ4v) is 4.05. The van der Waals surface area contributed by atoms with E-state index in [4.69, 9.17) is 5.73 Å². The van der Waals surface area contributed by atoms with Crippen LogP contribution in [0.1, 0.15) is 43.4 Å². The van der Waals surface area contributed by atoms with Gasteiger partial charge in [-0.05, 0) is 42.5 Å². The molecule has 4 N–H and O–H groups in total. The molecule has 1 saturated carbocycles. The third-order valence-electron chi connectivity index (χ3n) is 5.91. The highest BCUT2D eigenvalue weighted by atomic mass is 16.2. The Kier molecular flexibility index (Phi) is 5.55. The van der Waals surface area contributed by atoms with E-state index in [1.54, 1.807) is 10.8 Å². The highest BCUT2D eigenvalue weighted by Crippen LogP contribution is 2.32. The molecule has 0 bridgehead atoms. The topological polar surface area (TPSA) is 124 Å². The van der Waals surface area contributed by atoms with Crippen molar-refractivity contribution in [3.05, 3.63) is 74.6 Å². The van der Waals surface area contributed by atoms with Crippen LogP contribution in [0, 0.1) is 0 Å². The molecule has 1 aliphatic rings. The Morgan fingerprint density at radius 2 is 2.00 bits per heavy atom. The molecule has 0 saturated heterocycles. The van der Waals surface area contributed by atoms with Crippen LogP contribution >= 0.6 is 0 Å². The van der Waals surface area contributed by atoms with Gasteiger partial charge in [0.25, 0.3) is 5.56 Å². The SMILES string of the molecule is CCCn1c(=O)n(C2CC2)c(=O)c2[nH]c(-c3ccc(NCc4cccc(CN)c4)nc3)nc21. The van der Waals surface area contributed by atoms with E-state index in [1.165, 1.54) is 4.57 Å². The maximum atomic E-state index is 13.0. The summed E-state index contributed by atoms with van der Waals surface area (Å²) in [6.07, 6.45) is 4.21. The Balaban J connectivity index is 1.43. The minimum absolute atomic E-state index is 0.00169. The molecule has 0 radical (unpaired) electrons. The number of hydrogen-bond donors (Lipinski definition) is 3. The normalized spacial score (nSPS) is 13.5. The maximum Gasteiger partial charge on any atom is 0.333 e. The van der Waals surface area contributed by atoms with Crippen LogP contribution in [0.5, 0.6) is 0 Å². The van der Waals surface area contributed by atoms with Crippen LogP contribution in [-0.2, 0) is 19.6 Å². The number of nitrogens with two attached hydrogens (primary N) is 1. The second kappa shape index (κ2) is 8.67. The van der Waals surface area contributed by atoms with Gasteiger partial charge in [-0.2, -0.15) is 0 Å². The number of hydrogen-bond acceptors (Lipinski definition) is 6. The van der Waals surface area contributed by atoms with E-state index in [1.807, 2.05) is 37.3 Å². The molecule has 0 amide bonds. The lowest BCUT2D eigenvalue weighted by Gasteiger charge is -2.09. The fourth-order valence-electron chi connectivity index (χ4n) is 4.05. The highest BCUT2D eigenvalue weighted by Gasteiger charge is 2.29. The summed E-state index contributed by atoms with van der Waals surface area (Å²) < 4.78 is 2.98. The number of aryl methyl sites for hydroxylation is 1. The number of anilines is 1. The van der Waals surface area contributed by atoms with E-state index >= 15 is 0 Å². The number of pyridine rings is 1. The number of aromatic nitrogens is 5. The standard InChI is InChI=1S/C24H27N7O2/c1-2-10-30-22-20(23(32)31(24(30)33)18-7-8-18)28-21(29-22)17-6-9-19(27-14-17)26-13-16-5-3-4-15(11-16)12-25/h3-6,9,11,14,18H,2,7-8,10,12-13,25H2,1H3,(H,26,27)(H,28,29). The monoisotopic (exact) mass is 445 g/mol. The van der Waals surface area contributed by atoms with Crippen LogP contribution in [0.2, 0.25) is 0 Å². The van der Waals surface area contributed by atoms with Gasteiger partial charge < -0.3 is 16.0 Å². The van der Waals surface area contributed by atoms with E-state index in [2.05, 4.69) is 26.3 Å². The molecule has 1 aromatic carbocycles. The number of nitrogens with one attached hydrogen (secondary N) is 2. The molecule has 0 unspecified atom stereocenters. The maximum absolute atomic E-state index is 13.0. The average molecular weight is 446 g/mol. The number of imidazole rings is 1. The van der Waals surface area contributed by atoms with Gasteiger partial charge in [-0.1, -0.05) is 31.2 Å². The number of benzene rings is 1. The van der Waals surface area contributed by atoms with Crippen molar-refractivity contribution in [2.24, 2.45) is 5.73 Å². The number of fused-ring (bicyclic) bond motifs is 1. The zero-order valence-electron chi connectivity index (χ0n) is 18.5. The fraction of sp³-hybridized carbons (Fsp3) is 0.333. The van der Waals surface area contributed by atoms with Crippen molar-refractivity contribution in [1.29, 1.82) is 0 Å². The van der Waals surface area contributed by atoms with Crippen LogP contribution in [0.25, 0.3) is 22.6 Å². The zero-order valence-corrected chi connectivity index (χ0v) is 18.5. The summed E-state index contributed by atoms with van der Waals surface area (Å²) in [4.78, 5) is 38.2. The Morgan fingerprint density at radius 3 is 2.70 bits per heavy atom. The first-order valence-electron chi connectivity index (χ1n) is 11.3. The van der Waals surface area contributed by atoms with Crippen molar-refractivity contribution in [2.75, 3.05) is 5.32 Å². The molecular formula is C24H27N7O2. The summed E-state index contributed by atoms with van der Waals surface area (Å²) in [7, 11) is 0. The first kappa shape index (κ1) is 21.1. The molecule has 1 aliphatic carbocycles. The van der Waals surface area contributed by atoms with Gasteiger partial charge in [0, 0.05) is 37.4 Å². The van der Waals surface area contributed by atoms with Crippen molar-refractivity contribution in [1.82, 2.24) is 24.1 Å². The molecule has 4 aromatic rings. The number of nitrogens with zero attached hydrogens (tertiary/aromatic N) is 4. The second-order valence-corrected chi connectivity index (χ2v) is 8.43. The first-order valence-corrected chi connectivity index (χ1v) is 11.3. The average Bonchev–Trinajstić information content (AvgIpc) is 3.57. The molecule has 5 rings (SSSR count). The van der Waals surface area contributed by atoms with Gasteiger partial charge in [0.1, 0.15) is 17.2 Å². The van der Waals surface area contributed by atoms with Crippen LogP contribution in [0.4, 0.5) is 5.82 Å². The predicted octanol–water partition coefficient (Wildman–Crippen LogP) is 2.76. The number of rotatable bonds is 8. The van der Waals surface area contributed by atoms with Gasteiger partial charge in [-0.25, -0.2) is 14.8 Å². The molecule has 3 heterocycles. The lowest BCUT2D eigenvalue weighted by molar-refractivity contribution is 0.571. The number of aromatic amines is 1. The van der Waals surface area contributed by atoms with Gasteiger partial charge in [-0.3, -0.25) is 13.9 Å². The summed E-state index contributed by atoms with van der Waals surface area (Å²) in [5.74, 6) is 1.25. The van der Waals surface area contributed by atoms with Crippen molar-refractivity contribution >= 4 is 17.0 Å². The van der Waals surface area contributed by atoms with Gasteiger partial charge in [0.15, 0.2) is 5.65 Å². The van der Waals surface area contributed by atoms with Crippen molar-refractivity contribution in [3.63, 3.8) is 0 Å². The molecule has 0 aliphatic heterocycles. The second-order valence-electron chi connectivity index (χ2n) is 8.43. The minimum Gasteiger partial charge on any atom is -0.366 e. The van der Waals surface area contributed by atoms with Crippen molar-refractivity contribution in [3.8, 4) is 11.4 Å². The third-order valence-corrected chi connectivity index (χ3v) is 5.91. The lowest BCUT2D eigenvalue weighted by atomic mass is 10.1. The van der Waals surface area contributed by atoms with E-state index < -0.39 is 0 Å². The molecule has 0 atom stereocenters. The van der Waals surface area contributed by atoms with E-state index in [-0.39, 0.29) is 17.3 Å². The van der Waals surface area contributed by atoms with Gasteiger partial charge in [0.05, 0.1) is 0 Å². The molecular weight excluding hydrogens is 418 g/mol. The molecule has 170 valence electrons. The summed E-state index contributed by atoms with van der Waals surface area (Å²) in [5, 5.41) is 3.31. The van der Waals surface area contributed by atoms with Crippen LogP contribution in [-0.4, -0.2) is 24.1 Å². The van der Waals surface area contributed by atoms with E-state index in [9.17, 15) is 9.59 Å². The van der Waals surface area contributed by atoms with E-state index in [0.717, 1.165) is 41.8 Å².